The Kier molecular flexibility index (Phi) is 6.31. The van der Waals surface area contributed by atoms with Gasteiger partial charge in [0.2, 0.25) is 10.7 Å². The quantitative estimate of drug-likeness (QED) is 0.653. The summed E-state index contributed by atoms with van der Waals surface area (Å²) in [5.41, 5.74) is 2.20. The number of hydrogen-bond acceptors (Lipinski definition) is 6. The fourth-order valence-electron chi connectivity index (χ4n) is 3.20. The van der Waals surface area contributed by atoms with Crippen LogP contribution >= 0.6 is 12.2 Å². The molecule has 28 heavy (non-hydrogen) atoms. The van der Waals surface area contributed by atoms with E-state index in [2.05, 4.69) is 34.5 Å². The molecule has 1 unspecified atom stereocenters. The Morgan fingerprint density at radius 2 is 2.11 bits per heavy atom. The summed E-state index contributed by atoms with van der Waals surface area (Å²) in [7, 11) is -1.22. The van der Waals surface area contributed by atoms with Crippen molar-refractivity contribution in [2.75, 3.05) is 25.1 Å². The zero-order chi connectivity index (χ0) is 20.3. The summed E-state index contributed by atoms with van der Waals surface area (Å²) in [6, 6.07) is 7.83. The largest absolute Gasteiger partial charge is 0.351 e. The number of aromatic nitrogens is 3. The molecule has 2 aromatic rings. The number of aromatic amines is 1. The number of carbonyl (C=O) groups is 1. The van der Waals surface area contributed by atoms with Crippen molar-refractivity contribution in [3.8, 4) is 11.4 Å². The van der Waals surface area contributed by atoms with E-state index in [1.807, 2.05) is 12.1 Å². The summed E-state index contributed by atoms with van der Waals surface area (Å²) in [6.45, 7) is 2.61. The standard InChI is InChI=1S/C18H25N5O3S2/c1-3-13-4-6-14(7-5-13)17-20-18(27)23(21-17)12-22(2)10-16(24)19-15-8-9-28(25,26)11-15/h4-7,15H,3,8-12H2,1-2H3,(H,19,24)(H,20,21,27). The van der Waals surface area contributed by atoms with Gasteiger partial charge >= 0.3 is 0 Å². The van der Waals surface area contributed by atoms with Crippen LogP contribution in [0.15, 0.2) is 24.3 Å². The fourth-order valence-corrected chi connectivity index (χ4v) is 5.07. The van der Waals surface area contributed by atoms with Crippen molar-refractivity contribution < 1.29 is 13.2 Å². The van der Waals surface area contributed by atoms with Crippen LogP contribution in [0.1, 0.15) is 18.9 Å². The zero-order valence-corrected chi connectivity index (χ0v) is 17.6. The van der Waals surface area contributed by atoms with Gasteiger partial charge < -0.3 is 5.32 Å². The number of carbonyl (C=O) groups excluding carboxylic acids is 1. The molecule has 152 valence electrons. The van der Waals surface area contributed by atoms with Gasteiger partial charge in [-0.05, 0) is 37.7 Å². The van der Waals surface area contributed by atoms with Crippen molar-refractivity contribution >= 4 is 28.0 Å². The number of amides is 1. The molecule has 0 bridgehead atoms. The van der Waals surface area contributed by atoms with Gasteiger partial charge in [0.05, 0.1) is 24.7 Å². The molecule has 1 aromatic heterocycles. The number of nitrogens with zero attached hydrogens (tertiary/aromatic N) is 3. The number of sulfone groups is 1. The van der Waals surface area contributed by atoms with E-state index in [-0.39, 0.29) is 30.0 Å². The molecular formula is C18H25N5O3S2. The lowest BCUT2D eigenvalue weighted by atomic mass is 10.1. The monoisotopic (exact) mass is 423 g/mol. The van der Waals surface area contributed by atoms with Crippen molar-refractivity contribution in [1.29, 1.82) is 0 Å². The summed E-state index contributed by atoms with van der Waals surface area (Å²) in [4.78, 5) is 18.4. The van der Waals surface area contributed by atoms with E-state index < -0.39 is 9.84 Å². The lowest BCUT2D eigenvalue weighted by Gasteiger charge is -2.18. The van der Waals surface area contributed by atoms with Gasteiger partial charge in [-0.3, -0.25) is 14.8 Å². The summed E-state index contributed by atoms with van der Waals surface area (Å²) in [5, 5.41) is 5.96. The molecule has 0 saturated carbocycles. The van der Waals surface area contributed by atoms with E-state index in [1.54, 1.807) is 16.6 Å². The molecule has 8 nitrogen and oxygen atoms in total. The SMILES string of the molecule is CCc1ccc(-c2nc(=S)n(CN(C)CC(=O)NC3CCS(=O)(=O)C3)[nH]2)cc1. The second-order valence-corrected chi connectivity index (χ2v) is 9.75. The minimum Gasteiger partial charge on any atom is -0.351 e. The minimum absolute atomic E-state index is 0.0221. The van der Waals surface area contributed by atoms with E-state index >= 15 is 0 Å². The maximum absolute atomic E-state index is 12.2. The molecule has 1 aromatic carbocycles. The number of H-pyrrole nitrogens is 1. The third-order valence-corrected chi connectivity index (χ3v) is 6.79. The highest BCUT2D eigenvalue weighted by molar-refractivity contribution is 7.91. The molecule has 0 spiro atoms. The average Bonchev–Trinajstić information content (AvgIpc) is 3.16. The van der Waals surface area contributed by atoms with Crippen LogP contribution in [0.3, 0.4) is 0 Å². The van der Waals surface area contributed by atoms with Crippen LogP contribution in [0.2, 0.25) is 0 Å². The topological polar surface area (TPSA) is 100 Å². The molecular weight excluding hydrogens is 398 g/mol. The Bertz CT molecular complexity index is 995. The average molecular weight is 424 g/mol. The number of likely N-dealkylation sites (N-methyl/N-ethyl adjacent to an activating group) is 1. The highest BCUT2D eigenvalue weighted by atomic mass is 32.2. The van der Waals surface area contributed by atoms with Gasteiger partial charge in [-0.2, -0.15) is 4.98 Å². The number of nitrogens with one attached hydrogen (secondary N) is 2. The first-order valence-electron chi connectivity index (χ1n) is 9.20. The molecule has 1 amide bonds. The molecule has 10 heteroatoms. The highest BCUT2D eigenvalue weighted by Crippen LogP contribution is 2.16. The second kappa shape index (κ2) is 8.54. The Balaban J connectivity index is 1.58. The predicted molar refractivity (Wildman–Crippen MR) is 110 cm³/mol. The maximum atomic E-state index is 12.2. The molecule has 2 heterocycles. The highest BCUT2D eigenvalue weighted by Gasteiger charge is 2.29. The summed E-state index contributed by atoms with van der Waals surface area (Å²) >= 11 is 5.32. The number of rotatable bonds is 7. The third kappa shape index (κ3) is 5.27. The molecule has 0 aliphatic carbocycles. The van der Waals surface area contributed by atoms with Crippen molar-refractivity contribution in [1.82, 2.24) is 25.0 Å². The third-order valence-electron chi connectivity index (χ3n) is 4.71. The van der Waals surface area contributed by atoms with Gasteiger partial charge in [-0.1, -0.05) is 31.2 Å². The van der Waals surface area contributed by atoms with E-state index in [0.29, 0.717) is 23.7 Å². The Morgan fingerprint density at radius 1 is 1.39 bits per heavy atom. The minimum atomic E-state index is -3.01. The number of benzene rings is 1. The van der Waals surface area contributed by atoms with Crippen LogP contribution in [-0.4, -0.2) is 65.1 Å². The van der Waals surface area contributed by atoms with Crippen molar-refractivity contribution in [2.45, 2.75) is 32.5 Å². The first-order chi connectivity index (χ1) is 13.3. The molecule has 1 aliphatic heterocycles. The lowest BCUT2D eigenvalue weighted by molar-refractivity contribution is -0.122. The van der Waals surface area contributed by atoms with Crippen molar-refractivity contribution in [3.05, 3.63) is 34.6 Å². The lowest BCUT2D eigenvalue weighted by Crippen LogP contribution is -2.42. The zero-order valence-electron chi connectivity index (χ0n) is 16.0. The van der Waals surface area contributed by atoms with Crippen LogP contribution in [0.25, 0.3) is 11.4 Å². The van der Waals surface area contributed by atoms with E-state index in [9.17, 15) is 13.2 Å². The van der Waals surface area contributed by atoms with Gasteiger partial charge in [0.15, 0.2) is 15.7 Å². The number of hydrogen-bond donors (Lipinski definition) is 2. The molecule has 3 rings (SSSR count). The van der Waals surface area contributed by atoms with Gasteiger partial charge in [-0.15, -0.1) is 0 Å². The summed E-state index contributed by atoms with van der Waals surface area (Å²) in [6.07, 6.45) is 1.45. The van der Waals surface area contributed by atoms with Crippen LogP contribution in [0, 0.1) is 4.77 Å². The summed E-state index contributed by atoms with van der Waals surface area (Å²) in [5.74, 6) is 0.639. The van der Waals surface area contributed by atoms with Gasteiger partial charge in [0.1, 0.15) is 0 Å². The maximum Gasteiger partial charge on any atom is 0.234 e. The van der Waals surface area contributed by atoms with Gasteiger partial charge in [0.25, 0.3) is 0 Å². The first-order valence-corrected chi connectivity index (χ1v) is 11.4. The summed E-state index contributed by atoms with van der Waals surface area (Å²) < 4.78 is 25.1. The van der Waals surface area contributed by atoms with E-state index in [1.165, 1.54) is 5.56 Å². The molecule has 0 radical (unpaired) electrons. The molecule has 1 atom stereocenters. The van der Waals surface area contributed by atoms with E-state index in [4.69, 9.17) is 12.2 Å². The van der Waals surface area contributed by atoms with Crippen molar-refractivity contribution in [2.24, 2.45) is 0 Å². The normalized spacial score (nSPS) is 18.5. The number of aryl methyl sites for hydroxylation is 1. The van der Waals surface area contributed by atoms with Crippen LogP contribution < -0.4 is 5.32 Å². The Hall–Kier alpha value is -2.04. The Morgan fingerprint density at radius 3 is 2.71 bits per heavy atom. The second-order valence-electron chi connectivity index (χ2n) is 7.16. The van der Waals surface area contributed by atoms with Crippen LogP contribution in [0.4, 0.5) is 0 Å². The molecule has 1 aliphatic rings. The Labute approximate surface area is 169 Å². The predicted octanol–water partition coefficient (Wildman–Crippen LogP) is 1.36. The molecule has 1 saturated heterocycles. The molecule has 1 fully saturated rings. The van der Waals surface area contributed by atoms with Crippen LogP contribution in [0.5, 0.6) is 0 Å². The smallest absolute Gasteiger partial charge is 0.234 e. The van der Waals surface area contributed by atoms with Gasteiger partial charge in [-0.25, -0.2) is 13.1 Å². The van der Waals surface area contributed by atoms with Crippen molar-refractivity contribution in [3.63, 3.8) is 0 Å². The van der Waals surface area contributed by atoms with E-state index in [0.717, 1.165) is 12.0 Å². The van der Waals surface area contributed by atoms with Crippen LogP contribution in [-0.2, 0) is 27.7 Å². The first kappa shape index (κ1) is 20.7. The molecule has 2 N–H and O–H groups in total. The van der Waals surface area contributed by atoms with Gasteiger partial charge in [0, 0.05) is 11.6 Å². The fraction of sp³-hybridized carbons (Fsp3) is 0.500.